The molecule has 0 aliphatic heterocycles. The molecule has 0 amide bonds. The molecule has 2 heteroatoms. The summed E-state index contributed by atoms with van der Waals surface area (Å²) in [5, 5.41) is 0. The Hall–Kier alpha value is -1.44. The van der Waals surface area contributed by atoms with Crippen LogP contribution in [0.4, 0.5) is 0 Å². The molecule has 0 fully saturated rings. The van der Waals surface area contributed by atoms with Crippen LogP contribution in [-0.4, -0.2) is 19.0 Å². The number of nitrogens with zero attached hydrogens (tertiary/aromatic N) is 1. The number of aliphatic imine (C=N–C) groups is 1. The highest BCUT2D eigenvalue weighted by molar-refractivity contribution is 5.99. The molecule has 1 rings (SSSR count). The Bertz CT molecular complexity index is 303. The monoisotopic (exact) mass is 175 g/mol. The molecule has 0 bridgehead atoms. The lowest BCUT2D eigenvalue weighted by atomic mass is 9.97. The minimum Gasteiger partial charge on any atom is -0.300 e. The van der Waals surface area contributed by atoms with Gasteiger partial charge in [-0.15, -0.1) is 0 Å². The maximum absolute atomic E-state index is 11.2. The molecule has 68 valence electrons. The minimum absolute atomic E-state index is 0.122. The summed E-state index contributed by atoms with van der Waals surface area (Å²) in [7, 11) is 1.68. The van der Waals surface area contributed by atoms with E-state index in [4.69, 9.17) is 0 Å². The van der Waals surface area contributed by atoms with E-state index >= 15 is 0 Å². The lowest BCUT2D eigenvalue weighted by Gasteiger charge is -2.07. The average molecular weight is 175 g/mol. The van der Waals surface area contributed by atoms with Crippen molar-refractivity contribution in [3.05, 3.63) is 35.9 Å². The molecular weight excluding hydrogens is 162 g/mol. The first-order valence-electron chi connectivity index (χ1n) is 4.23. The van der Waals surface area contributed by atoms with Gasteiger partial charge in [0.05, 0.1) is 5.92 Å². The van der Waals surface area contributed by atoms with Gasteiger partial charge in [-0.1, -0.05) is 30.3 Å². The predicted octanol–water partition coefficient (Wildman–Crippen LogP) is 2.06. The van der Waals surface area contributed by atoms with Crippen molar-refractivity contribution >= 4 is 12.0 Å². The fourth-order valence-corrected chi connectivity index (χ4v) is 1.24. The van der Waals surface area contributed by atoms with Crippen LogP contribution in [0.5, 0.6) is 0 Å². The highest BCUT2D eigenvalue weighted by Crippen LogP contribution is 2.13. The molecule has 0 N–H and O–H groups in total. The smallest absolute Gasteiger partial charge is 0.142 e. The maximum Gasteiger partial charge on any atom is 0.142 e. The first-order valence-corrected chi connectivity index (χ1v) is 4.23. The van der Waals surface area contributed by atoms with Gasteiger partial charge in [0.2, 0.25) is 0 Å². The molecule has 0 heterocycles. The summed E-state index contributed by atoms with van der Waals surface area (Å²) < 4.78 is 0. The molecule has 13 heavy (non-hydrogen) atoms. The van der Waals surface area contributed by atoms with Crippen molar-refractivity contribution in [2.24, 2.45) is 4.99 Å². The van der Waals surface area contributed by atoms with Gasteiger partial charge in [0.1, 0.15) is 5.78 Å². The molecule has 0 aliphatic rings. The van der Waals surface area contributed by atoms with Gasteiger partial charge >= 0.3 is 0 Å². The molecule has 1 unspecified atom stereocenters. The Morgan fingerprint density at radius 1 is 1.38 bits per heavy atom. The van der Waals surface area contributed by atoms with Gasteiger partial charge in [0, 0.05) is 13.3 Å². The molecule has 2 nitrogen and oxygen atoms in total. The van der Waals surface area contributed by atoms with Crippen molar-refractivity contribution < 1.29 is 4.79 Å². The summed E-state index contributed by atoms with van der Waals surface area (Å²) in [5.41, 5.74) is 1.00. The van der Waals surface area contributed by atoms with Gasteiger partial charge < -0.3 is 0 Å². The normalized spacial score (nSPS) is 13.1. The predicted molar refractivity (Wildman–Crippen MR) is 54.3 cm³/mol. The number of rotatable bonds is 3. The number of benzene rings is 1. The second kappa shape index (κ2) is 4.55. The molecule has 0 spiro atoms. The van der Waals surface area contributed by atoms with Crippen LogP contribution in [0, 0.1) is 0 Å². The summed E-state index contributed by atoms with van der Waals surface area (Å²) in [6.07, 6.45) is 1.68. The fraction of sp³-hybridized carbons (Fsp3) is 0.273. The first-order chi connectivity index (χ1) is 6.25. The number of carbonyl (C=O) groups is 1. The van der Waals surface area contributed by atoms with Crippen LogP contribution in [0.15, 0.2) is 35.3 Å². The summed E-state index contributed by atoms with van der Waals surface area (Å²) in [6, 6.07) is 9.66. The van der Waals surface area contributed by atoms with Gasteiger partial charge in [-0.05, 0) is 12.5 Å². The van der Waals surface area contributed by atoms with Gasteiger partial charge in [-0.25, -0.2) is 0 Å². The Morgan fingerprint density at radius 3 is 2.46 bits per heavy atom. The molecule has 0 saturated carbocycles. The molecule has 0 aliphatic carbocycles. The van der Waals surface area contributed by atoms with E-state index in [0.717, 1.165) is 5.56 Å². The largest absolute Gasteiger partial charge is 0.300 e. The standard InChI is InChI=1S/C11H13NO/c1-9(13)11(8-12-2)10-6-4-3-5-7-10/h3-8,11H,1-2H3. The van der Waals surface area contributed by atoms with Crippen LogP contribution in [0.3, 0.4) is 0 Å². The highest BCUT2D eigenvalue weighted by Gasteiger charge is 2.12. The highest BCUT2D eigenvalue weighted by atomic mass is 16.1. The van der Waals surface area contributed by atoms with Crippen molar-refractivity contribution in [3.63, 3.8) is 0 Å². The van der Waals surface area contributed by atoms with Gasteiger partial charge in [0.15, 0.2) is 0 Å². The van der Waals surface area contributed by atoms with E-state index in [9.17, 15) is 4.79 Å². The quantitative estimate of drug-likeness (QED) is 0.646. The maximum atomic E-state index is 11.2. The molecule has 0 saturated heterocycles. The van der Waals surface area contributed by atoms with Crippen LogP contribution >= 0.6 is 0 Å². The Kier molecular flexibility index (Phi) is 3.38. The first kappa shape index (κ1) is 9.65. The SMILES string of the molecule is CN=CC(C(C)=O)c1ccccc1. The fourth-order valence-electron chi connectivity index (χ4n) is 1.24. The number of hydrogen-bond acceptors (Lipinski definition) is 2. The third-order valence-corrected chi connectivity index (χ3v) is 1.89. The average Bonchev–Trinajstić information content (AvgIpc) is 2.15. The Balaban J connectivity index is 2.96. The lowest BCUT2D eigenvalue weighted by Crippen LogP contribution is -2.09. The van der Waals surface area contributed by atoms with Gasteiger partial charge in [-0.2, -0.15) is 0 Å². The van der Waals surface area contributed by atoms with Crippen LogP contribution < -0.4 is 0 Å². The van der Waals surface area contributed by atoms with Crippen LogP contribution in [0.1, 0.15) is 18.4 Å². The van der Waals surface area contributed by atoms with Crippen molar-refractivity contribution in [1.82, 2.24) is 0 Å². The Labute approximate surface area is 78.3 Å². The van der Waals surface area contributed by atoms with Crippen molar-refractivity contribution in [2.45, 2.75) is 12.8 Å². The molecule has 0 radical (unpaired) electrons. The Morgan fingerprint density at radius 2 is 2.00 bits per heavy atom. The second-order valence-corrected chi connectivity index (χ2v) is 2.91. The van der Waals surface area contributed by atoms with E-state index in [2.05, 4.69) is 4.99 Å². The van der Waals surface area contributed by atoms with Crippen molar-refractivity contribution in [3.8, 4) is 0 Å². The zero-order chi connectivity index (χ0) is 9.68. The topological polar surface area (TPSA) is 29.4 Å². The number of ketones is 1. The zero-order valence-electron chi connectivity index (χ0n) is 7.90. The van der Waals surface area contributed by atoms with Gasteiger partial charge in [-0.3, -0.25) is 9.79 Å². The molecule has 1 atom stereocenters. The molecular formula is C11H13NO. The van der Waals surface area contributed by atoms with Crippen molar-refractivity contribution in [2.75, 3.05) is 7.05 Å². The molecule has 1 aromatic carbocycles. The van der Waals surface area contributed by atoms with Crippen LogP contribution in [0.2, 0.25) is 0 Å². The second-order valence-electron chi connectivity index (χ2n) is 2.91. The number of hydrogen-bond donors (Lipinski definition) is 0. The zero-order valence-corrected chi connectivity index (χ0v) is 7.90. The third-order valence-electron chi connectivity index (χ3n) is 1.89. The van der Waals surface area contributed by atoms with E-state index in [1.165, 1.54) is 0 Å². The minimum atomic E-state index is -0.189. The number of carbonyl (C=O) groups excluding carboxylic acids is 1. The summed E-state index contributed by atoms with van der Waals surface area (Å²) in [5.74, 6) is -0.0667. The van der Waals surface area contributed by atoms with Gasteiger partial charge in [0.25, 0.3) is 0 Å². The van der Waals surface area contributed by atoms with E-state index in [0.29, 0.717) is 0 Å². The number of Topliss-reactive ketones (excluding diaryl/α,β-unsaturated/α-hetero) is 1. The van der Waals surface area contributed by atoms with E-state index < -0.39 is 0 Å². The molecule has 1 aromatic rings. The lowest BCUT2D eigenvalue weighted by molar-refractivity contribution is -0.116. The van der Waals surface area contributed by atoms with Crippen LogP contribution in [-0.2, 0) is 4.79 Å². The summed E-state index contributed by atoms with van der Waals surface area (Å²) in [6.45, 7) is 1.58. The van der Waals surface area contributed by atoms with Crippen molar-refractivity contribution in [1.29, 1.82) is 0 Å². The molecule has 0 aromatic heterocycles. The van der Waals surface area contributed by atoms with E-state index in [1.807, 2.05) is 30.3 Å². The van der Waals surface area contributed by atoms with E-state index in [-0.39, 0.29) is 11.7 Å². The summed E-state index contributed by atoms with van der Waals surface area (Å²) >= 11 is 0. The van der Waals surface area contributed by atoms with E-state index in [1.54, 1.807) is 20.2 Å². The summed E-state index contributed by atoms with van der Waals surface area (Å²) in [4.78, 5) is 15.1. The van der Waals surface area contributed by atoms with Crippen LogP contribution in [0.25, 0.3) is 0 Å². The third kappa shape index (κ3) is 2.51.